The SMILES string of the molecule is CC[C@@H](C)NC(=O)NC(=O)COC(=O)[C@@H]1CCCN1C(=O)C12CC3CC(CC(C3)C1)C2. The van der Waals surface area contributed by atoms with Crippen LogP contribution >= 0.6 is 0 Å². The molecule has 2 atom stereocenters. The summed E-state index contributed by atoms with van der Waals surface area (Å²) in [6.45, 7) is 3.80. The molecule has 0 radical (unpaired) electrons. The summed E-state index contributed by atoms with van der Waals surface area (Å²) < 4.78 is 5.19. The van der Waals surface area contributed by atoms with Crippen molar-refractivity contribution in [2.75, 3.05) is 13.2 Å². The molecule has 5 fully saturated rings. The molecule has 5 aliphatic rings. The van der Waals surface area contributed by atoms with E-state index in [-0.39, 0.29) is 17.4 Å². The van der Waals surface area contributed by atoms with Gasteiger partial charge in [0, 0.05) is 12.6 Å². The number of rotatable bonds is 6. The van der Waals surface area contributed by atoms with Crippen LogP contribution in [0.3, 0.4) is 0 Å². The Morgan fingerprint density at radius 3 is 2.26 bits per heavy atom. The first-order valence-electron chi connectivity index (χ1n) is 11.9. The van der Waals surface area contributed by atoms with Gasteiger partial charge in [0.2, 0.25) is 5.91 Å². The Balaban J connectivity index is 1.31. The average molecular weight is 434 g/mol. The fourth-order valence-corrected chi connectivity index (χ4v) is 6.69. The third kappa shape index (κ3) is 4.58. The Bertz CT molecular complexity index is 716. The fraction of sp³-hybridized carbons (Fsp3) is 0.826. The fourth-order valence-electron chi connectivity index (χ4n) is 6.69. The molecule has 0 aromatic heterocycles. The summed E-state index contributed by atoms with van der Waals surface area (Å²) in [7, 11) is 0. The molecule has 0 aromatic rings. The van der Waals surface area contributed by atoms with Gasteiger partial charge in [-0.1, -0.05) is 6.92 Å². The topological polar surface area (TPSA) is 105 Å². The minimum absolute atomic E-state index is 0.0574. The quantitative estimate of drug-likeness (QED) is 0.626. The first-order chi connectivity index (χ1) is 14.8. The van der Waals surface area contributed by atoms with E-state index in [1.807, 2.05) is 13.8 Å². The minimum Gasteiger partial charge on any atom is -0.454 e. The Morgan fingerprint density at radius 1 is 1.06 bits per heavy atom. The summed E-state index contributed by atoms with van der Waals surface area (Å²) in [5.74, 6) is 0.887. The number of ether oxygens (including phenoxy) is 1. The van der Waals surface area contributed by atoms with E-state index >= 15 is 0 Å². The maximum absolute atomic E-state index is 13.6. The number of nitrogens with zero attached hydrogens (tertiary/aromatic N) is 1. The van der Waals surface area contributed by atoms with Crippen LogP contribution in [0, 0.1) is 23.2 Å². The highest BCUT2D eigenvalue weighted by molar-refractivity contribution is 5.96. The normalized spacial score (nSPS) is 34.3. The molecule has 1 aliphatic heterocycles. The highest BCUT2D eigenvalue weighted by atomic mass is 16.5. The van der Waals surface area contributed by atoms with E-state index in [0.29, 0.717) is 30.7 Å². The molecule has 0 spiro atoms. The van der Waals surface area contributed by atoms with E-state index in [9.17, 15) is 19.2 Å². The average Bonchev–Trinajstić information content (AvgIpc) is 3.20. The monoisotopic (exact) mass is 433 g/mol. The molecule has 4 amide bonds. The molecular formula is C23H35N3O5. The van der Waals surface area contributed by atoms with Crippen LogP contribution in [0.4, 0.5) is 4.79 Å². The lowest BCUT2D eigenvalue weighted by Crippen LogP contribution is -2.56. The van der Waals surface area contributed by atoms with Gasteiger partial charge in [-0.2, -0.15) is 0 Å². The van der Waals surface area contributed by atoms with Crippen LogP contribution in [0.2, 0.25) is 0 Å². The molecule has 1 saturated heterocycles. The van der Waals surface area contributed by atoms with Crippen molar-refractivity contribution in [3.05, 3.63) is 0 Å². The lowest BCUT2D eigenvalue weighted by Gasteiger charge is -2.56. The first-order valence-corrected chi connectivity index (χ1v) is 11.9. The zero-order chi connectivity index (χ0) is 22.2. The molecular weight excluding hydrogens is 398 g/mol. The summed E-state index contributed by atoms with van der Waals surface area (Å²) in [6.07, 6.45) is 8.74. The van der Waals surface area contributed by atoms with Gasteiger partial charge in [0.1, 0.15) is 6.04 Å². The molecule has 8 nitrogen and oxygen atoms in total. The number of urea groups is 1. The molecule has 4 bridgehead atoms. The van der Waals surface area contributed by atoms with Crippen molar-refractivity contribution in [2.24, 2.45) is 23.2 Å². The van der Waals surface area contributed by atoms with E-state index in [0.717, 1.165) is 32.1 Å². The van der Waals surface area contributed by atoms with E-state index in [2.05, 4.69) is 10.6 Å². The van der Waals surface area contributed by atoms with Gasteiger partial charge in [0.05, 0.1) is 5.41 Å². The van der Waals surface area contributed by atoms with Gasteiger partial charge in [0.25, 0.3) is 5.91 Å². The van der Waals surface area contributed by atoms with Gasteiger partial charge in [-0.3, -0.25) is 14.9 Å². The number of amides is 4. The van der Waals surface area contributed by atoms with Crippen molar-refractivity contribution < 1.29 is 23.9 Å². The number of carbonyl (C=O) groups excluding carboxylic acids is 4. The van der Waals surface area contributed by atoms with Gasteiger partial charge in [-0.05, 0) is 82.5 Å². The van der Waals surface area contributed by atoms with Gasteiger partial charge < -0.3 is 15.0 Å². The Kier molecular flexibility index (Phi) is 6.26. The van der Waals surface area contributed by atoms with E-state index in [4.69, 9.17) is 4.74 Å². The molecule has 4 aliphatic carbocycles. The molecule has 1 heterocycles. The number of carbonyl (C=O) groups is 4. The van der Waals surface area contributed by atoms with Crippen molar-refractivity contribution in [1.82, 2.24) is 15.5 Å². The van der Waals surface area contributed by atoms with Crippen molar-refractivity contribution in [1.29, 1.82) is 0 Å². The van der Waals surface area contributed by atoms with E-state index in [1.54, 1.807) is 4.90 Å². The lowest BCUT2D eigenvalue weighted by molar-refractivity contribution is -0.166. The highest BCUT2D eigenvalue weighted by Crippen LogP contribution is 2.60. The number of likely N-dealkylation sites (tertiary alicyclic amines) is 1. The molecule has 31 heavy (non-hydrogen) atoms. The Hall–Kier alpha value is -2.12. The zero-order valence-electron chi connectivity index (χ0n) is 18.7. The van der Waals surface area contributed by atoms with Gasteiger partial charge in [-0.15, -0.1) is 0 Å². The van der Waals surface area contributed by atoms with Crippen LogP contribution in [0.15, 0.2) is 0 Å². The van der Waals surface area contributed by atoms with Crippen molar-refractivity contribution in [3.63, 3.8) is 0 Å². The summed E-state index contributed by atoms with van der Waals surface area (Å²) >= 11 is 0. The number of nitrogens with one attached hydrogen (secondary N) is 2. The lowest BCUT2D eigenvalue weighted by atomic mass is 9.49. The van der Waals surface area contributed by atoms with Crippen molar-refractivity contribution >= 4 is 23.8 Å². The van der Waals surface area contributed by atoms with Gasteiger partial charge in [0.15, 0.2) is 6.61 Å². The van der Waals surface area contributed by atoms with Gasteiger partial charge >= 0.3 is 12.0 Å². The summed E-state index contributed by atoms with van der Waals surface area (Å²) in [4.78, 5) is 51.7. The van der Waals surface area contributed by atoms with Crippen LogP contribution in [0.25, 0.3) is 0 Å². The van der Waals surface area contributed by atoms with Crippen LogP contribution in [0.1, 0.15) is 71.6 Å². The number of hydrogen-bond acceptors (Lipinski definition) is 5. The maximum Gasteiger partial charge on any atom is 0.329 e. The second-order valence-electron chi connectivity index (χ2n) is 10.3. The first kappa shape index (κ1) is 22.1. The van der Waals surface area contributed by atoms with E-state index in [1.165, 1.54) is 19.3 Å². The summed E-state index contributed by atoms with van der Waals surface area (Å²) in [6, 6.07) is -1.28. The third-order valence-corrected chi connectivity index (χ3v) is 7.87. The summed E-state index contributed by atoms with van der Waals surface area (Å²) in [5.41, 5.74) is -0.289. The van der Waals surface area contributed by atoms with E-state index < -0.39 is 30.6 Å². The van der Waals surface area contributed by atoms with Crippen LogP contribution < -0.4 is 10.6 Å². The maximum atomic E-state index is 13.6. The molecule has 172 valence electrons. The minimum atomic E-state index is -0.675. The van der Waals surface area contributed by atoms with Crippen LogP contribution in [-0.2, 0) is 19.1 Å². The number of imide groups is 1. The smallest absolute Gasteiger partial charge is 0.329 e. The number of esters is 1. The second-order valence-corrected chi connectivity index (χ2v) is 10.3. The molecule has 5 rings (SSSR count). The Morgan fingerprint density at radius 2 is 1.68 bits per heavy atom. The van der Waals surface area contributed by atoms with Crippen molar-refractivity contribution in [3.8, 4) is 0 Å². The zero-order valence-corrected chi connectivity index (χ0v) is 18.7. The standard InChI is InChI=1S/C23H35N3O5/c1-3-14(2)24-22(30)25-19(27)13-31-20(28)18-5-4-6-26(18)21(29)23-10-15-7-16(11-23)9-17(8-15)12-23/h14-18H,3-13H2,1-2H3,(H2,24,25,27,30)/t14-,15?,16?,17?,18+,23?/m1/s1. The Labute approximate surface area is 183 Å². The van der Waals surface area contributed by atoms with Gasteiger partial charge in [-0.25, -0.2) is 9.59 Å². The van der Waals surface area contributed by atoms with Crippen LogP contribution in [-0.4, -0.2) is 54.0 Å². The molecule has 0 aromatic carbocycles. The highest BCUT2D eigenvalue weighted by Gasteiger charge is 2.57. The molecule has 2 N–H and O–H groups in total. The van der Waals surface area contributed by atoms with Crippen molar-refractivity contribution in [2.45, 2.75) is 83.7 Å². The van der Waals surface area contributed by atoms with Crippen LogP contribution in [0.5, 0.6) is 0 Å². The third-order valence-electron chi connectivity index (χ3n) is 7.87. The molecule has 0 unspecified atom stereocenters. The largest absolute Gasteiger partial charge is 0.454 e. The predicted octanol–water partition coefficient (Wildman–Crippen LogP) is 2.36. The second kappa shape index (κ2) is 8.79. The molecule has 8 heteroatoms. The molecule has 4 saturated carbocycles. The predicted molar refractivity (Wildman–Crippen MR) is 113 cm³/mol. The summed E-state index contributed by atoms with van der Waals surface area (Å²) in [5, 5.41) is 4.79. The number of hydrogen-bond donors (Lipinski definition) is 2.